The topological polar surface area (TPSA) is 12.0 Å². The lowest BCUT2D eigenvalue weighted by Crippen LogP contribution is -2.37. The average molecular weight is 280 g/mol. The maximum Gasteiger partial charge on any atom is 0.0406 e. The van der Waals surface area contributed by atoms with Gasteiger partial charge in [0.25, 0.3) is 0 Å². The highest BCUT2D eigenvalue weighted by atomic mass is 35.5. The van der Waals surface area contributed by atoms with Gasteiger partial charge in [0.15, 0.2) is 0 Å². The smallest absolute Gasteiger partial charge is 0.0406 e. The zero-order chi connectivity index (χ0) is 13.7. The van der Waals surface area contributed by atoms with E-state index in [-0.39, 0.29) is 0 Å². The van der Waals surface area contributed by atoms with E-state index < -0.39 is 0 Å². The molecule has 0 spiro atoms. The Hall–Kier alpha value is -0.530. The molecule has 1 nitrogen and oxygen atoms in total. The lowest BCUT2D eigenvalue weighted by Gasteiger charge is -2.25. The highest BCUT2D eigenvalue weighted by Gasteiger charge is 2.29. The van der Waals surface area contributed by atoms with E-state index >= 15 is 0 Å². The highest BCUT2D eigenvalue weighted by molar-refractivity contribution is 6.30. The van der Waals surface area contributed by atoms with Gasteiger partial charge in [-0.2, -0.15) is 0 Å². The first-order chi connectivity index (χ1) is 9.22. The molecule has 0 bridgehead atoms. The SMILES string of the molecule is CCNC(Cc1ccc(Cl)cc1)C1CCC(CC)C1. The van der Waals surface area contributed by atoms with Crippen molar-refractivity contribution in [3.8, 4) is 0 Å². The molecule has 1 aromatic rings. The van der Waals surface area contributed by atoms with E-state index in [0.717, 1.165) is 29.8 Å². The summed E-state index contributed by atoms with van der Waals surface area (Å²) in [5, 5.41) is 4.53. The molecule has 19 heavy (non-hydrogen) atoms. The van der Waals surface area contributed by atoms with Gasteiger partial charge in [0.1, 0.15) is 0 Å². The standard InChI is InChI=1S/C17H26ClN/c1-3-13-5-8-15(11-13)17(19-4-2)12-14-6-9-16(18)10-7-14/h6-7,9-10,13,15,17,19H,3-5,8,11-12H2,1-2H3. The second kappa shape index (κ2) is 7.31. The van der Waals surface area contributed by atoms with Crippen LogP contribution in [0.15, 0.2) is 24.3 Å². The van der Waals surface area contributed by atoms with Gasteiger partial charge in [-0.1, -0.05) is 50.4 Å². The van der Waals surface area contributed by atoms with Crippen molar-refractivity contribution in [2.45, 2.75) is 52.0 Å². The van der Waals surface area contributed by atoms with Gasteiger partial charge in [-0.25, -0.2) is 0 Å². The molecule has 3 atom stereocenters. The molecule has 1 N–H and O–H groups in total. The fourth-order valence-corrected chi connectivity index (χ4v) is 3.52. The Kier molecular flexibility index (Phi) is 5.72. The summed E-state index contributed by atoms with van der Waals surface area (Å²) < 4.78 is 0. The Balaban J connectivity index is 1.98. The van der Waals surface area contributed by atoms with E-state index in [2.05, 4.69) is 31.3 Å². The third-order valence-electron chi connectivity index (χ3n) is 4.56. The minimum Gasteiger partial charge on any atom is -0.314 e. The van der Waals surface area contributed by atoms with E-state index in [0.29, 0.717) is 6.04 Å². The number of hydrogen-bond donors (Lipinski definition) is 1. The summed E-state index contributed by atoms with van der Waals surface area (Å²) in [7, 11) is 0. The van der Waals surface area contributed by atoms with Gasteiger partial charge in [0.2, 0.25) is 0 Å². The van der Waals surface area contributed by atoms with Gasteiger partial charge in [-0.3, -0.25) is 0 Å². The summed E-state index contributed by atoms with van der Waals surface area (Å²) >= 11 is 5.96. The Labute approximate surface area is 122 Å². The molecule has 2 heteroatoms. The van der Waals surface area contributed by atoms with Crippen LogP contribution in [-0.4, -0.2) is 12.6 Å². The molecule has 0 heterocycles. The third-order valence-corrected chi connectivity index (χ3v) is 4.82. The lowest BCUT2D eigenvalue weighted by atomic mass is 9.91. The third kappa shape index (κ3) is 4.22. The largest absolute Gasteiger partial charge is 0.314 e. The summed E-state index contributed by atoms with van der Waals surface area (Å²) in [4.78, 5) is 0. The first kappa shape index (κ1) is 14.9. The van der Waals surface area contributed by atoms with Crippen LogP contribution in [0.2, 0.25) is 5.02 Å². The fraction of sp³-hybridized carbons (Fsp3) is 0.647. The van der Waals surface area contributed by atoms with Gasteiger partial charge in [-0.15, -0.1) is 0 Å². The van der Waals surface area contributed by atoms with Crippen molar-refractivity contribution in [2.75, 3.05) is 6.54 Å². The molecule has 106 valence electrons. The lowest BCUT2D eigenvalue weighted by molar-refractivity contribution is 0.349. The maximum absolute atomic E-state index is 5.96. The Morgan fingerprint density at radius 3 is 2.53 bits per heavy atom. The average Bonchev–Trinajstić information content (AvgIpc) is 2.89. The molecule has 0 aliphatic heterocycles. The normalized spacial score (nSPS) is 24.6. The predicted molar refractivity (Wildman–Crippen MR) is 83.7 cm³/mol. The summed E-state index contributed by atoms with van der Waals surface area (Å²) in [5.41, 5.74) is 1.40. The number of benzene rings is 1. The first-order valence-electron chi connectivity index (χ1n) is 7.70. The molecule has 1 saturated carbocycles. The van der Waals surface area contributed by atoms with Crippen molar-refractivity contribution >= 4 is 11.6 Å². The highest BCUT2D eigenvalue weighted by Crippen LogP contribution is 2.35. The van der Waals surface area contributed by atoms with E-state index in [4.69, 9.17) is 11.6 Å². The van der Waals surface area contributed by atoms with Crippen LogP contribution >= 0.6 is 11.6 Å². The van der Waals surface area contributed by atoms with Crippen LogP contribution in [0.4, 0.5) is 0 Å². The molecule has 1 aliphatic rings. The minimum absolute atomic E-state index is 0.628. The van der Waals surface area contributed by atoms with Gasteiger partial charge < -0.3 is 5.32 Å². The zero-order valence-corrected chi connectivity index (χ0v) is 12.9. The molecule has 0 amide bonds. The molecule has 0 aromatic heterocycles. The van der Waals surface area contributed by atoms with Crippen LogP contribution in [-0.2, 0) is 6.42 Å². The minimum atomic E-state index is 0.628. The fourth-order valence-electron chi connectivity index (χ4n) is 3.39. The number of nitrogens with one attached hydrogen (secondary N) is 1. The molecule has 3 unspecified atom stereocenters. The van der Waals surface area contributed by atoms with Gasteiger partial charge in [0, 0.05) is 11.1 Å². The molecular formula is C17H26ClN. The van der Waals surface area contributed by atoms with E-state index in [9.17, 15) is 0 Å². The Morgan fingerprint density at radius 1 is 1.21 bits per heavy atom. The second-order valence-corrected chi connectivity index (χ2v) is 6.28. The molecule has 0 radical (unpaired) electrons. The van der Waals surface area contributed by atoms with Gasteiger partial charge in [-0.05, 0) is 55.3 Å². The van der Waals surface area contributed by atoms with Crippen molar-refractivity contribution in [3.63, 3.8) is 0 Å². The maximum atomic E-state index is 5.96. The van der Waals surface area contributed by atoms with Crippen molar-refractivity contribution in [1.29, 1.82) is 0 Å². The molecule has 1 aliphatic carbocycles. The first-order valence-corrected chi connectivity index (χ1v) is 8.08. The van der Waals surface area contributed by atoms with Crippen molar-refractivity contribution in [1.82, 2.24) is 5.32 Å². The molecule has 1 fully saturated rings. The van der Waals surface area contributed by atoms with Crippen LogP contribution in [0.3, 0.4) is 0 Å². The van der Waals surface area contributed by atoms with E-state index in [1.807, 2.05) is 12.1 Å². The summed E-state index contributed by atoms with van der Waals surface area (Å²) in [5.74, 6) is 1.80. The Bertz CT molecular complexity index is 373. The van der Waals surface area contributed by atoms with E-state index in [1.54, 1.807) is 0 Å². The summed E-state index contributed by atoms with van der Waals surface area (Å²) in [6, 6.07) is 8.97. The van der Waals surface area contributed by atoms with Crippen molar-refractivity contribution in [2.24, 2.45) is 11.8 Å². The second-order valence-electron chi connectivity index (χ2n) is 5.84. The van der Waals surface area contributed by atoms with Crippen LogP contribution in [0.5, 0.6) is 0 Å². The van der Waals surface area contributed by atoms with Crippen LogP contribution in [0.1, 0.15) is 45.1 Å². The monoisotopic (exact) mass is 279 g/mol. The van der Waals surface area contributed by atoms with Crippen LogP contribution < -0.4 is 5.32 Å². The zero-order valence-electron chi connectivity index (χ0n) is 12.2. The van der Waals surface area contributed by atoms with Crippen molar-refractivity contribution in [3.05, 3.63) is 34.9 Å². The number of hydrogen-bond acceptors (Lipinski definition) is 1. The van der Waals surface area contributed by atoms with Crippen LogP contribution in [0, 0.1) is 11.8 Å². The summed E-state index contributed by atoms with van der Waals surface area (Å²) in [6.07, 6.45) is 6.69. The quantitative estimate of drug-likeness (QED) is 0.797. The number of likely N-dealkylation sites (N-methyl/N-ethyl adjacent to an activating group) is 1. The van der Waals surface area contributed by atoms with Gasteiger partial charge in [0.05, 0.1) is 0 Å². The van der Waals surface area contributed by atoms with Crippen molar-refractivity contribution < 1.29 is 0 Å². The summed E-state index contributed by atoms with van der Waals surface area (Å²) in [6.45, 7) is 5.60. The van der Waals surface area contributed by atoms with Gasteiger partial charge >= 0.3 is 0 Å². The number of halogens is 1. The number of rotatable bonds is 6. The molecular weight excluding hydrogens is 254 g/mol. The van der Waals surface area contributed by atoms with E-state index in [1.165, 1.54) is 31.2 Å². The molecule has 0 saturated heterocycles. The molecule has 2 rings (SSSR count). The molecule has 1 aromatic carbocycles. The predicted octanol–water partition coefficient (Wildman–Crippen LogP) is 4.69. The Morgan fingerprint density at radius 2 is 1.95 bits per heavy atom. The van der Waals surface area contributed by atoms with Crippen LogP contribution in [0.25, 0.3) is 0 Å².